The molecule has 3 aromatic carbocycles. The molecule has 0 aromatic heterocycles. The highest BCUT2D eigenvalue weighted by Crippen LogP contribution is 2.27. The van der Waals surface area contributed by atoms with Crippen molar-refractivity contribution in [3.63, 3.8) is 0 Å². The highest BCUT2D eigenvalue weighted by atomic mass is 35.5. The molecule has 0 fully saturated rings. The summed E-state index contributed by atoms with van der Waals surface area (Å²) in [5.74, 6) is -0.504. The normalized spacial score (nSPS) is 13.0. The molecule has 2 atom stereocenters. The summed E-state index contributed by atoms with van der Waals surface area (Å²) in [6.07, 6.45) is 1.10. The number of nitrogens with zero attached hydrogens (tertiary/aromatic N) is 2. The first-order valence-corrected chi connectivity index (χ1v) is 15.8. The summed E-state index contributed by atoms with van der Waals surface area (Å²) < 4.78 is 29.0. The van der Waals surface area contributed by atoms with Gasteiger partial charge < -0.3 is 10.2 Å². The topological polar surface area (TPSA) is 86.8 Å². The number of benzene rings is 3. The number of carbonyl (C=O) groups is 2. The number of carbonyl (C=O) groups excluding carboxylic acids is 2. The van der Waals surface area contributed by atoms with Crippen LogP contribution in [0.15, 0.2) is 83.8 Å². The first-order chi connectivity index (χ1) is 19.5. The molecule has 7 nitrogen and oxygen atoms in total. The van der Waals surface area contributed by atoms with E-state index in [9.17, 15) is 18.0 Å². The zero-order valence-electron chi connectivity index (χ0n) is 24.4. The van der Waals surface area contributed by atoms with Gasteiger partial charge in [-0.3, -0.25) is 13.9 Å². The van der Waals surface area contributed by atoms with Gasteiger partial charge in [0, 0.05) is 17.6 Å². The van der Waals surface area contributed by atoms with Crippen molar-refractivity contribution in [3.8, 4) is 0 Å². The van der Waals surface area contributed by atoms with Crippen molar-refractivity contribution in [3.05, 3.63) is 95.0 Å². The molecule has 0 aliphatic rings. The number of nitrogens with one attached hydrogen (secondary N) is 1. The van der Waals surface area contributed by atoms with Crippen molar-refractivity contribution >= 4 is 39.1 Å². The Morgan fingerprint density at radius 1 is 0.854 bits per heavy atom. The molecule has 3 rings (SSSR count). The molecule has 220 valence electrons. The Hall–Kier alpha value is -3.36. The van der Waals surface area contributed by atoms with Crippen LogP contribution in [-0.2, 0) is 26.2 Å². The number of hydrogen-bond donors (Lipinski definition) is 1. The van der Waals surface area contributed by atoms with Crippen molar-refractivity contribution in [2.45, 2.75) is 76.9 Å². The number of rotatable bonds is 13. The van der Waals surface area contributed by atoms with E-state index < -0.39 is 28.5 Å². The average molecular weight is 598 g/mol. The van der Waals surface area contributed by atoms with Gasteiger partial charge in [-0.25, -0.2) is 8.42 Å². The summed E-state index contributed by atoms with van der Waals surface area (Å²) in [7, 11) is -4.10. The van der Waals surface area contributed by atoms with Crippen LogP contribution in [0.25, 0.3) is 0 Å². The first-order valence-electron chi connectivity index (χ1n) is 14.0. The van der Waals surface area contributed by atoms with Crippen molar-refractivity contribution in [2.24, 2.45) is 0 Å². The van der Waals surface area contributed by atoms with Gasteiger partial charge in [0.2, 0.25) is 11.8 Å². The van der Waals surface area contributed by atoms with E-state index in [1.54, 1.807) is 54.6 Å². The number of halogens is 1. The predicted octanol–water partition coefficient (Wildman–Crippen LogP) is 6.38. The van der Waals surface area contributed by atoms with Crippen molar-refractivity contribution in [2.75, 3.05) is 10.8 Å². The number of sulfonamides is 1. The van der Waals surface area contributed by atoms with E-state index >= 15 is 0 Å². The van der Waals surface area contributed by atoms with Gasteiger partial charge >= 0.3 is 0 Å². The molecule has 0 heterocycles. The highest BCUT2D eigenvalue weighted by molar-refractivity contribution is 7.92. The third kappa shape index (κ3) is 8.33. The molecule has 0 spiro atoms. The lowest BCUT2D eigenvalue weighted by molar-refractivity contribution is -0.140. The van der Waals surface area contributed by atoms with E-state index in [0.717, 1.165) is 21.9 Å². The van der Waals surface area contributed by atoms with Crippen LogP contribution < -0.4 is 9.62 Å². The summed E-state index contributed by atoms with van der Waals surface area (Å²) in [5, 5.41) is 3.54. The van der Waals surface area contributed by atoms with Gasteiger partial charge in [0.1, 0.15) is 12.6 Å². The summed E-state index contributed by atoms with van der Waals surface area (Å²) in [4.78, 5) is 29.0. The summed E-state index contributed by atoms with van der Waals surface area (Å²) in [6.45, 7) is 9.48. The maximum Gasteiger partial charge on any atom is 0.264 e. The van der Waals surface area contributed by atoms with Crippen LogP contribution in [0.2, 0.25) is 5.02 Å². The maximum absolute atomic E-state index is 14.1. The van der Waals surface area contributed by atoms with E-state index in [1.807, 2.05) is 32.9 Å². The Morgan fingerprint density at radius 2 is 1.46 bits per heavy atom. The first kappa shape index (κ1) is 32.2. The minimum absolute atomic E-state index is 0.0709. The Kier molecular flexibility index (Phi) is 11.4. The number of anilines is 1. The van der Waals surface area contributed by atoms with E-state index in [2.05, 4.69) is 19.2 Å². The quantitative estimate of drug-likeness (QED) is 0.248. The molecule has 0 radical (unpaired) electrons. The SMILES string of the molecule is CC[C@H](C(=O)N[C@@H](C)CC)N(Cc1ccc(Cl)cc1)C(=O)CN(c1ccc(C(C)C)cc1)S(=O)(=O)c1ccccc1. The second kappa shape index (κ2) is 14.5. The predicted molar refractivity (Wildman–Crippen MR) is 165 cm³/mol. The molecule has 0 aliphatic heterocycles. The van der Waals surface area contributed by atoms with E-state index in [1.165, 1.54) is 17.0 Å². The van der Waals surface area contributed by atoms with Gasteiger partial charge in [0.05, 0.1) is 10.6 Å². The lowest BCUT2D eigenvalue weighted by Gasteiger charge is -2.33. The Morgan fingerprint density at radius 3 is 2.00 bits per heavy atom. The minimum Gasteiger partial charge on any atom is -0.352 e. The lowest BCUT2D eigenvalue weighted by atomic mass is 10.0. The highest BCUT2D eigenvalue weighted by Gasteiger charge is 2.34. The second-order valence-electron chi connectivity index (χ2n) is 10.5. The fourth-order valence-corrected chi connectivity index (χ4v) is 5.98. The second-order valence-corrected chi connectivity index (χ2v) is 12.8. The zero-order valence-corrected chi connectivity index (χ0v) is 26.0. The van der Waals surface area contributed by atoms with Gasteiger partial charge in [0.15, 0.2) is 0 Å². The van der Waals surface area contributed by atoms with Gasteiger partial charge in [0.25, 0.3) is 10.0 Å². The molecule has 3 aromatic rings. The van der Waals surface area contributed by atoms with Gasteiger partial charge in [-0.2, -0.15) is 0 Å². The molecular weight excluding hydrogens is 558 g/mol. The van der Waals surface area contributed by atoms with Crippen molar-refractivity contribution in [1.82, 2.24) is 10.2 Å². The van der Waals surface area contributed by atoms with Crippen LogP contribution >= 0.6 is 11.6 Å². The summed E-state index contributed by atoms with van der Waals surface area (Å²) >= 11 is 6.08. The van der Waals surface area contributed by atoms with Crippen LogP contribution in [0.3, 0.4) is 0 Å². The standard InChI is InChI=1S/C32H40ClN3O4S/c1-6-24(5)34-32(38)30(7-2)35(21-25-13-17-27(33)18-14-25)31(37)22-36(28-19-15-26(16-20-28)23(3)4)41(39,40)29-11-9-8-10-12-29/h8-20,23-24,30H,6-7,21-22H2,1-5H3,(H,34,38)/t24-,30+/m0/s1. The molecule has 0 unspecified atom stereocenters. The van der Waals surface area contributed by atoms with Crippen LogP contribution in [0, 0.1) is 0 Å². The van der Waals surface area contributed by atoms with E-state index in [0.29, 0.717) is 17.1 Å². The maximum atomic E-state index is 14.1. The Balaban J connectivity index is 2.05. The molecule has 0 saturated heterocycles. The van der Waals surface area contributed by atoms with Crippen molar-refractivity contribution in [1.29, 1.82) is 0 Å². The molecule has 0 bridgehead atoms. The fraction of sp³-hybridized carbons (Fsp3) is 0.375. The van der Waals surface area contributed by atoms with Crippen LogP contribution in [0.5, 0.6) is 0 Å². The molecule has 0 aliphatic carbocycles. The van der Waals surface area contributed by atoms with Crippen LogP contribution in [0.1, 0.15) is 64.5 Å². The Labute approximate surface area is 249 Å². The van der Waals surface area contributed by atoms with Crippen LogP contribution in [-0.4, -0.2) is 43.8 Å². The molecule has 9 heteroatoms. The number of hydrogen-bond acceptors (Lipinski definition) is 4. The van der Waals surface area contributed by atoms with Gasteiger partial charge in [-0.1, -0.05) is 81.8 Å². The monoisotopic (exact) mass is 597 g/mol. The van der Waals surface area contributed by atoms with Gasteiger partial charge in [-0.05, 0) is 73.2 Å². The number of amides is 2. The molecule has 0 saturated carbocycles. The molecule has 41 heavy (non-hydrogen) atoms. The summed E-state index contributed by atoms with van der Waals surface area (Å²) in [5.41, 5.74) is 2.20. The van der Waals surface area contributed by atoms with E-state index in [4.69, 9.17) is 11.6 Å². The average Bonchev–Trinajstić information content (AvgIpc) is 2.97. The van der Waals surface area contributed by atoms with Crippen molar-refractivity contribution < 1.29 is 18.0 Å². The molecule has 1 N–H and O–H groups in total. The zero-order chi connectivity index (χ0) is 30.2. The molecular formula is C32H40ClN3O4S. The lowest BCUT2D eigenvalue weighted by Crippen LogP contribution is -2.53. The third-order valence-corrected chi connectivity index (χ3v) is 9.15. The molecule has 2 amide bonds. The largest absolute Gasteiger partial charge is 0.352 e. The smallest absolute Gasteiger partial charge is 0.264 e. The third-order valence-electron chi connectivity index (χ3n) is 7.11. The van der Waals surface area contributed by atoms with E-state index in [-0.39, 0.29) is 29.3 Å². The minimum atomic E-state index is -4.10. The fourth-order valence-electron chi connectivity index (χ4n) is 4.42. The summed E-state index contributed by atoms with van der Waals surface area (Å²) in [6, 6.07) is 21.4. The van der Waals surface area contributed by atoms with Crippen LogP contribution in [0.4, 0.5) is 5.69 Å². The van der Waals surface area contributed by atoms with Gasteiger partial charge in [-0.15, -0.1) is 0 Å². The Bertz CT molecular complexity index is 1400.